The summed E-state index contributed by atoms with van der Waals surface area (Å²) >= 11 is 0. The number of hydrogen-bond acceptors (Lipinski definition) is 2. The molecule has 0 radical (unpaired) electrons. The van der Waals surface area contributed by atoms with Crippen LogP contribution in [0.4, 0.5) is 0 Å². The molecule has 1 spiro atoms. The lowest BCUT2D eigenvalue weighted by Gasteiger charge is -2.52. The number of nitrogens with one attached hydrogen (secondary N) is 1. The fourth-order valence-electron chi connectivity index (χ4n) is 2.91. The molecule has 1 aliphatic carbocycles. The van der Waals surface area contributed by atoms with Gasteiger partial charge in [-0.2, -0.15) is 0 Å². The van der Waals surface area contributed by atoms with Crippen LogP contribution >= 0.6 is 0 Å². The maximum absolute atomic E-state index is 11.7. The minimum atomic E-state index is -0.0757. The highest BCUT2D eigenvalue weighted by Crippen LogP contribution is 2.46. The van der Waals surface area contributed by atoms with Crippen LogP contribution in [0.15, 0.2) is 0 Å². The summed E-state index contributed by atoms with van der Waals surface area (Å²) in [6, 6.07) is 0.250. The van der Waals surface area contributed by atoms with Crippen LogP contribution in [0.25, 0.3) is 0 Å². The van der Waals surface area contributed by atoms with Gasteiger partial charge in [-0.3, -0.25) is 4.79 Å². The van der Waals surface area contributed by atoms with Gasteiger partial charge >= 0.3 is 0 Å². The van der Waals surface area contributed by atoms with Crippen molar-refractivity contribution in [2.45, 2.75) is 51.2 Å². The first-order valence-corrected chi connectivity index (χ1v) is 5.54. The third-order valence-corrected chi connectivity index (χ3v) is 3.92. The minimum Gasteiger partial charge on any atom is -0.380 e. The van der Waals surface area contributed by atoms with E-state index in [9.17, 15) is 4.79 Å². The Labute approximate surface area is 85.2 Å². The second kappa shape index (κ2) is 3.54. The maximum Gasteiger partial charge on any atom is 0.228 e. The smallest absolute Gasteiger partial charge is 0.228 e. The topological polar surface area (TPSA) is 38.3 Å². The van der Waals surface area contributed by atoms with E-state index in [0.29, 0.717) is 0 Å². The molecular formula is C11H19NO2. The van der Waals surface area contributed by atoms with Gasteiger partial charge in [0.25, 0.3) is 0 Å². The normalized spacial score (nSPS) is 32.1. The first kappa shape index (κ1) is 9.97. The Morgan fingerprint density at radius 2 is 2.07 bits per heavy atom. The average molecular weight is 197 g/mol. The van der Waals surface area contributed by atoms with Crippen molar-refractivity contribution in [1.82, 2.24) is 5.32 Å². The van der Waals surface area contributed by atoms with Gasteiger partial charge in [-0.25, -0.2) is 0 Å². The highest BCUT2D eigenvalue weighted by molar-refractivity contribution is 5.90. The van der Waals surface area contributed by atoms with E-state index in [1.54, 1.807) is 7.11 Å². The van der Waals surface area contributed by atoms with E-state index in [2.05, 4.69) is 5.32 Å². The minimum absolute atomic E-state index is 0.0757. The SMILES string of the molecule is COC(C)C1NC(=O)C12CCCCC2. The van der Waals surface area contributed by atoms with Crippen LogP contribution < -0.4 is 5.32 Å². The number of carbonyl (C=O) groups excluding carboxylic acids is 1. The van der Waals surface area contributed by atoms with Crippen molar-refractivity contribution in [1.29, 1.82) is 0 Å². The van der Waals surface area contributed by atoms with Crippen LogP contribution in [-0.2, 0) is 9.53 Å². The summed E-state index contributed by atoms with van der Waals surface area (Å²) in [6.45, 7) is 2.04. The van der Waals surface area contributed by atoms with E-state index in [4.69, 9.17) is 4.74 Å². The van der Waals surface area contributed by atoms with Gasteiger partial charge < -0.3 is 10.1 Å². The van der Waals surface area contributed by atoms with Gasteiger partial charge in [0.05, 0.1) is 17.6 Å². The Morgan fingerprint density at radius 3 is 2.57 bits per heavy atom. The van der Waals surface area contributed by atoms with Gasteiger partial charge in [0.1, 0.15) is 0 Å². The van der Waals surface area contributed by atoms with Gasteiger partial charge in [-0.15, -0.1) is 0 Å². The maximum atomic E-state index is 11.7. The second-order valence-electron chi connectivity index (χ2n) is 4.61. The quantitative estimate of drug-likeness (QED) is 0.681. The van der Waals surface area contributed by atoms with Crippen molar-refractivity contribution >= 4 is 5.91 Å². The van der Waals surface area contributed by atoms with Crippen molar-refractivity contribution < 1.29 is 9.53 Å². The van der Waals surface area contributed by atoms with Crippen molar-refractivity contribution in [2.75, 3.05) is 7.11 Å². The van der Waals surface area contributed by atoms with Crippen molar-refractivity contribution in [3.8, 4) is 0 Å². The molecule has 14 heavy (non-hydrogen) atoms. The zero-order valence-corrected chi connectivity index (χ0v) is 9.01. The monoisotopic (exact) mass is 197 g/mol. The van der Waals surface area contributed by atoms with E-state index in [0.717, 1.165) is 12.8 Å². The van der Waals surface area contributed by atoms with E-state index in [1.807, 2.05) is 6.92 Å². The van der Waals surface area contributed by atoms with E-state index < -0.39 is 0 Å². The molecule has 80 valence electrons. The van der Waals surface area contributed by atoms with Crippen LogP contribution in [0.2, 0.25) is 0 Å². The van der Waals surface area contributed by atoms with Gasteiger partial charge in [0.15, 0.2) is 0 Å². The molecule has 0 aromatic rings. The molecule has 0 bridgehead atoms. The fraction of sp³-hybridized carbons (Fsp3) is 0.909. The molecular weight excluding hydrogens is 178 g/mol. The Kier molecular flexibility index (Phi) is 2.52. The molecule has 1 saturated heterocycles. The Balaban J connectivity index is 2.10. The van der Waals surface area contributed by atoms with Gasteiger partial charge in [-0.1, -0.05) is 19.3 Å². The molecule has 3 nitrogen and oxygen atoms in total. The number of hydrogen-bond donors (Lipinski definition) is 1. The Hall–Kier alpha value is -0.570. The van der Waals surface area contributed by atoms with Gasteiger partial charge in [0, 0.05) is 7.11 Å². The zero-order valence-electron chi connectivity index (χ0n) is 9.01. The zero-order chi connectivity index (χ0) is 10.2. The third kappa shape index (κ3) is 1.26. The summed E-state index contributed by atoms with van der Waals surface area (Å²) in [6.07, 6.45) is 5.92. The molecule has 0 aromatic heterocycles. The number of carbonyl (C=O) groups is 1. The predicted octanol–water partition coefficient (Wildman–Crippen LogP) is 1.47. The number of β-lactam (4-membered cyclic amide) rings is 1. The summed E-state index contributed by atoms with van der Waals surface area (Å²) < 4.78 is 5.32. The second-order valence-corrected chi connectivity index (χ2v) is 4.61. The van der Waals surface area contributed by atoms with Crippen molar-refractivity contribution in [3.05, 3.63) is 0 Å². The summed E-state index contributed by atoms with van der Waals surface area (Å²) in [5, 5.41) is 2.99. The highest BCUT2D eigenvalue weighted by Gasteiger charge is 2.56. The molecule has 2 rings (SSSR count). The number of rotatable bonds is 2. The molecule has 2 fully saturated rings. The lowest BCUT2D eigenvalue weighted by Crippen LogP contribution is -2.71. The van der Waals surface area contributed by atoms with Crippen LogP contribution in [0.1, 0.15) is 39.0 Å². The van der Waals surface area contributed by atoms with E-state index in [1.165, 1.54) is 19.3 Å². The lowest BCUT2D eigenvalue weighted by molar-refractivity contribution is -0.156. The van der Waals surface area contributed by atoms with Crippen molar-refractivity contribution in [2.24, 2.45) is 5.41 Å². The van der Waals surface area contributed by atoms with Gasteiger partial charge in [0.2, 0.25) is 5.91 Å². The first-order valence-electron chi connectivity index (χ1n) is 5.54. The predicted molar refractivity (Wildman–Crippen MR) is 53.9 cm³/mol. The third-order valence-electron chi connectivity index (χ3n) is 3.92. The summed E-state index contributed by atoms with van der Waals surface area (Å²) in [5.41, 5.74) is -0.0757. The first-order chi connectivity index (χ1) is 6.70. The largest absolute Gasteiger partial charge is 0.380 e. The Morgan fingerprint density at radius 1 is 1.43 bits per heavy atom. The molecule has 0 aromatic carbocycles. The van der Waals surface area contributed by atoms with Crippen molar-refractivity contribution in [3.63, 3.8) is 0 Å². The summed E-state index contributed by atoms with van der Waals surface area (Å²) in [4.78, 5) is 11.7. The van der Waals surface area contributed by atoms with Crippen LogP contribution in [-0.4, -0.2) is 25.2 Å². The standard InChI is InChI=1S/C11H19NO2/c1-8(14-2)9-11(10(13)12-9)6-4-3-5-7-11/h8-9H,3-7H2,1-2H3,(H,12,13). The number of ether oxygens (including phenoxy) is 1. The molecule has 1 amide bonds. The fourth-order valence-corrected chi connectivity index (χ4v) is 2.91. The summed E-state index contributed by atoms with van der Waals surface area (Å²) in [5.74, 6) is 0.256. The summed E-state index contributed by atoms with van der Waals surface area (Å²) in [7, 11) is 1.71. The van der Waals surface area contributed by atoms with E-state index >= 15 is 0 Å². The number of amides is 1. The molecule has 1 N–H and O–H groups in total. The van der Waals surface area contributed by atoms with E-state index in [-0.39, 0.29) is 23.5 Å². The molecule has 3 heteroatoms. The highest BCUT2D eigenvalue weighted by atomic mass is 16.5. The van der Waals surface area contributed by atoms with Gasteiger partial charge in [-0.05, 0) is 19.8 Å². The number of methoxy groups -OCH3 is 1. The molecule has 2 atom stereocenters. The van der Waals surface area contributed by atoms with Crippen LogP contribution in [0.3, 0.4) is 0 Å². The molecule has 1 heterocycles. The molecule has 1 saturated carbocycles. The van der Waals surface area contributed by atoms with Crippen LogP contribution in [0, 0.1) is 5.41 Å². The molecule has 1 aliphatic heterocycles. The average Bonchev–Trinajstić information content (AvgIpc) is 2.26. The lowest BCUT2D eigenvalue weighted by atomic mass is 9.62. The molecule has 2 unspecified atom stereocenters. The molecule has 2 aliphatic rings. The Bertz CT molecular complexity index is 233. The van der Waals surface area contributed by atoms with Crippen LogP contribution in [0.5, 0.6) is 0 Å².